The van der Waals surface area contributed by atoms with Crippen molar-refractivity contribution in [1.29, 1.82) is 0 Å². The molecule has 0 fully saturated rings. The van der Waals surface area contributed by atoms with Crippen molar-refractivity contribution in [1.82, 2.24) is 0 Å². The molecule has 0 bridgehead atoms. The van der Waals surface area contributed by atoms with Gasteiger partial charge in [0.25, 0.3) is 0 Å². The number of para-hydroxylation sites is 1. The number of carbonyl (C=O) groups is 2. The number of benzene rings is 2. The molecule has 0 aliphatic carbocycles. The molecule has 0 saturated heterocycles. The first-order valence-electron chi connectivity index (χ1n) is 6.54. The summed E-state index contributed by atoms with van der Waals surface area (Å²) < 4.78 is 4.66. The minimum atomic E-state index is -0.727. The van der Waals surface area contributed by atoms with Gasteiger partial charge in [0.15, 0.2) is 0 Å². The minimum absolute atomic E-state index is 0.0178. The summed E-state index contributed by atoms with van der Waals surface area (Å²) in [6.07, 6.45) is 0. The molecule has 0 atom stereocenters. The Bertz CT molecular complexity index is 828. The molecule has 0 aliphatic rings. The first-order chi connectivity index (χ1) is 11.8. The molecule has 0 aromatic heterocycles. The maximum absolute atomic E-state index is 12.2. The molecule has 0 radical (unpaired) electrons. The Balaban J connectivity index is 2.30. The van der Waals surface area contributed by atoms with E-state index in [2.05, 4.69) is 15.4 Å². The van der Waals surface area contributed by atoms with E-state index in [0.717, 1.165) is 0 Å². The first-order valence-corrected chi connectivity index (χ1v) is 8.43. The molecule has 25 heavy (non-hydrogen) atoms. The molecular weight excluding hydrogens is 433 g/mol. The summed E-state index contributed by atoms with van der Waals surface area (Å²) in [5, 5.41) is 4.64. The van der Waals surface area contributed by atoms with Gasteiger partial charge in [0.05, 0.1) is 49.2 Å². The van der Waals surface area contributed by atoms with Crippen LogP contribution in [0.2, 0.25) is 25.1 Å². The second kappa shape index (κ2) is 8.34. The third-order valence-electron chi connectivity index (χ3n) is 3.03. The number of amides is 2. The van der Waals surface area contributed by atoms with Gasteiger partial charge in [-0.1, -0.05) is 70.1 Å². The molecule has 0 aliphatic heterocycles. The fourth-order valence-corrected chi connectivity index (χ4v) is 3.09. The quantitative estimate of drug-likeness (QED) is 0.329. The number of anilines is 2. The largest absolute Gasteiger partial charge is 0.465 e. The van der Waals surface area contributed by atoms with E-state index < -0.39 is 12.0 Å². The van der Waals surface area contributed by atoms with Gasteiger partial charge in [-0.3, -0.25) is 0 Å². The molecule has 2 rings (SSSR count). The molecule has 2 N–H and O–H groups in total. The highest BCUT2D eigenvalue weighted by molar-refractivity contribution is 6.56. The van der Waals surface area contributed by atoms with E-state index in [1.807, 2.05) is 0 Å². The van der Waals surface area contributed by atoms with Crippen LogP contribution in [-0.4, -0.2) is 19.1 Å². The van der Waals surface area contributed by atoms with Crippen molar-refractivity contribution >= 4 is 81.4 Å². The number of hydrogen-bond acceptors (Lipinski definition) is 3. The summed E-state index contributed by atoms with van der Waals surface area (Å²) in [4.78, 5) is 24.0. The maximum atomic E-state index is 12.2. The fourth-order valence-electron chi connectivity index (χ4n) is 1.86. The summed E-state index contributed by atoms with van der Waals surface area (Å²) in [6.45, 7) is 0. The Labute approximate surface area is 168 Å². The number of ether oxygens (including phenoxy) is 1. The highest BCUT2D eigenvalue weighted by atomic mass is 35.5. The van der Waals surface area contributed by atoms with Crippen LogP contribution < -0.4 is 10.6 Å². The van der Waals surface area contributed by atoms with Crippen LogP contribution in [0.15, 0.2) is 24.3 Å². The number of methoxy groups -OCH3 is 1. The van der Waals surface area contributed by atoms with Crippen molar-refractivity contribution in [2.75, 3.05) is 17.7 Å². The number of hydrogen-bond donors (Lipinski definition) is 2. The second-order valence-electron chi connectivity index (χ2n) is 4.56. The number of urea groups is 1. The summed E-state index contributed by atoms with van der Waals surface area (Å²) in [5.74, 6) is -0.607. The normalized spacial score (nSPS) is 10.3. The summed E-state index contributed by atoms with van der Waals surface area (Å²) >= 11 is 29.9. The van der Waals surface area contributed by atoms with Crippen LogP contribution in [0.5, 0.6) is 0 Å². The number of nitrogens with one attached hydrogen (secondary N) is 2. The molecule has 0 saturated carbocycles. The summed E-state index contributed by atoms with van der Waals surface area (Å²) in [5.41, 5.74) is 0.380. The minimum Gasteiger partial charge on any atom is -0.465 e. The Morgan fingerprint density at radius 1 is 0.840 bits per heavy atom. The maximum Gasteiger partial charge on any atom is 0.339 e. The lowest BCUT2D eigenvalue weighted by atomic mass is 10.2. The molecule has 0 unspecified atom stereocenters. The standard InChI is InChI=1S/C15H9Cl5N2O3/c1-25-14(23)6-4-2-3-5-7(6)21-15(24)22-13-11(19)9(17)8(16)10(18)12(13)20/h2-5H,1H3,(H2,21,22,24). The Morgan fingerprint density at radius 3 is 1.92 bits per heavy atom. The van der Waals surface area contributed by atoms with Crippen molar-refractivity contribution in [3.8, 4) is 0 Å². The Kier molecular flexibility index (Phi) is 6.65. The van der Waals surface area contributed by atoms with Crippen molar-refractivity contribution in [2.45, 2.75) is 0 Å². The van der Waals surface area contributed by atoms with Crippen molar-refractivity contribution in [3.05, 3.63) is 54.9 Å². The van der Waals surface area contributed by atoms with Gasteiger partial charge in [-0.25, -0.2) is 9.59 Å². The van der Waals surface area contributed by atoms with E-state index in [1.54, 1.807) is 12.1 Å². The first kappa shape index (κ1) is 19.9. The molecule has 0 heterocycles. The number of carbonyl (C=O) groups excluding carboxylic acids is 2. The van der Waals surface area contributed by atoms with E-state index in [4.69, 9.17) is 58.0 Å². The molecule has 2 amide bonds. The van der Waals surface area contributed by atoms with Crippen molar-refractivity contribution in [2.24, 2.45) is 0 Å². The van der Waals surface area contributed by atoms with Gasteiger partial charge >= 0.3 is 12.0 Å². The van der Waals surface area contributed by atoms with Crippen LogP contribution in [0.1, 0.15) is 10.4 Å². The highest BCUT2D eigenvalue weighted by Gasteiger charge is 2.21. The van der Waals surface area contributed by atoms with E-state index in [0.29, 0.717) is 0 Å². The lowest BCUT2D eigenvalue weighted by molar-refractivity contribution is 0.0602. The van der Waals surface area contributed by atoms with Crippen LogP contribution in [0.3, 0.4) is 0 Å². The molecule has 0 spiro atoms. The van der Waals surface area contributed by atoms with Crippen LogP contribution >= 0.6 is 58.0 Å². The van der Waals surface area contributed by atoms with Gasteiger partial charge in [0.2, 0.25) is 0 Å². The smallest absolute Gasteiger partial charge is 0.339 e. The van der Waals surface area contributed by atoms with Crippen molar-refractivity contribution < 1.29 is 14.3 Å². The number of esters is 1. The van der Waals surface area contributed by atoms with E-state index >= 15 is 0 Å². The molecule has 2 aromatic carbocycles. The summed E-state index contributed by atoms with van der Waals surface area (Å²) in [7, 11) is 1.23. The predicted molar refractivity (Wildman–Crippen MR) is 102 cm³/mol. The zero-order valence-electron chi connectivity index (χ0n) is 12.4. The average Bonchev–Trinajstić information content (AvgIpc) is 2.61. The zero-order valence-corrected chi connectivity index (χ0v) is 16.2. The lowest BCUT2D eigenvalue weighted by Crippen LogP contribution is -2.21. The number of rotatable bonds is 3. The van der Waals surface area contributed by atoms with E-state index in [-0.39, 0.29) is 42.1 Å². The van der Waals surface area contributed by atoms with E-state index in [1.165, 1.54) is 19.2 Å². The van der Waals surface area contributed by atoms with Crippen LogP contribution in [0, 0.1) is 0 Å². The zero-order chi connectivity index (χ0) is 18.7. The summed E-state index contributed by atoms with van der Waals surface area (Å²) in [6, 6.07) is 5.56. The fraction of sp³-hybridized carbons (Fsp3) is 0.0667. The molecule has 10 heteroatoms. The van der Waals surface area contributed by atoms with Crippen LogP contribution in [0.25, 0.3) is 0 Å². The monoisotopic (exact) mass is 440 g/mol. The Morgan fingerprint density at radius 2 is 1.36 bits per heavy atom. The predicted octanol–water partition coefficient (Wildman–Crippen LogP) is 6.38. The van der Waals surface area contributed by atoms with Gasteiger partial charge in [-0.05, 0) is 12.1 Å². The average molecular weight is 443 g/mol. The molecule has 132 valence electrons. The van der Waals surface area contributed by atoms with Gasteiger partial charge in [0, 0.05) is 0 Å². The number of halogens is 5. The third-order valence-corrected chi connectivity index (χ3v) is 5.31. The third kappa shape index (κ3) is 4.25. The van der Waals surface area contributed by atoms with Gasteiger partial charge in [-0.2, -0.15) is 0 Å². The second-order valence-corrected chi connectivity index (χ2v) is 6.45. The Hall–Kier alpha value is -1.37. The van der Waals surface area contributed by atoms with Gasteiger partial charge in [0.1, 0.15) is 0 Å². The molecule has 5 nitrogen and oxygen atoms in total. The van der Waals surface area contributed by atoms with Gasteiger partial charge in [-0.15, -0.1) is 0 Å². The lowest BCUT2D eigenvalue weighted by Gasteiger charge is -2.15. The van der Waals surface area contributed by atoms with Crippen molar-refractivity contribution in [3.63, 3.8) is 0 Å². The topological polar surface area (TPSA) is 67.4 Å². The van der Waals surface area contributed by atoms with E-state index in [9.17, 15) is 9.59 Å². The van der Waals surface area contributed by atoms with Crippen LogP contribution in [-0.2, 0) is 4.74 Å². The van der Waals surface area contributed by atoms with Gasteiger partial charge < -0.3 is 15.4 Å². The van der Waals surface area contributed by atoms with Crippen LogP contribution in [0.4, 0.5) is 16.2 Å². The molecular formula is C15H9Cl5N2O3. The SMILES string of the molecule is COC(=O)c1ccccc1NC(=O)Nc1c(Cl)c(Cl)c(Cl)c(Cl)c1Cl. The highest BCUT2D eigenvalue weighted by Crippen LogP contribution is 2.46. The molecule has 2 aromatic rings.